The highest BCUT2D eigenvalue weighted by atomic mass is 16.1. The predicted octanol–water partition coefficient (Wildman–Crippen LogP) is 1.98. The van der Waals surface area contributed by atoms with Crippen LogP contribution in [0.25, 0.3) is 0 Å². The molecule has 0 radical (unpaired) electrons. The highest BCUT2D eigenvalue weighted by molar-refractivity contribution is 5.81. The Morgan fingerprint density at radius 1 is 1.33 bits per heavy atom. The van der Waals surface area contributed by atoms with Gasteiger partial charge in [-0.25, -0.2) is 0 Å². The number of carbonyl (C=O) groups is 1. The normalized spacial score (nSPS) is 16.2. The summed E-state index contributed by atoms with van der Waals surface area (Å²) >= 11 is 0. The number of Topliss-reactive ketones (excluding diaryl/α,β-unsaturated/α-hetero) is 1. The van der Waals surface area contributed by atoms with E-state index in [1.165, 1.54) is 0 Å². The quantitative estimate of drug-likeness (QED) is 0.687. The van der Waals surface area contributed by atoms with Crippen LogP contribution in [0.3, 0.4) is 0 Å². The number of ketones is 1. The van der Waals surface area contributed by atoms with Gasteiger partial charge in [0.25, 0.3) is 0 Å². The summed E-state index contributed by atoms with van der Waals surface area (Å²) in [5.41, 5.74) is 5.79. The smallest absolute Gasteiger partial charge is 0.137 e. The zero-order valence-electron chi connectivity index (χ0n) is 8.63. The van der Waals surface area contributed by atoms with Crippen molar-refractivity contribution in [2.24, 2.45) is 17.6 Å². The third kappa shape index (κ3) is 3.86. The molecule has 0 aliphatic carbocycles. The average molecular weight is 171 g/mol. The van der Waals surface area contributed by atoms with Gasteiger partial charge in [0, 0.05) is 18.4 Å². The van der Waals surface area contributed by atoms with Crippen molar-refractivity contribution in [1.29, 1.82) is 0 Å². The highest BCUT2D eigenvalue weighted by Gasteiger charge is 2.16. The van der Waals surface area contributed by atoms with Crippen molar-refractivity contribution in [2.45, 2.75) is 46.6 Å². The first-order valence-corrected chi connectivity index (χ1v) is 4.77. The van der Waals surface area contributed by atoms with Crippen LogP contribution in [0.2, 0.25) is 0 Å². The van der Waals surface area contributed by atoms with Crippen molar-refractivity contribution < 1.29 is 4.79 Å². The monoisotopic (exact) mass is 171 g/mol. The number of hydrogen-bond donors (Lipinski definition) is 1. The SMILES string of the molecule is CCC(C)C(=O)CC(N)C(C)C. The van der Waals surface area contributed by atoms with Crippen molar-refractivity contribution >= 4 is 5.78 Å². The van der Waals surface area contributed by atoms with E-state index in [2.05, 4.69) is 13.8 Å². The Balaban J connectivity index is 3.84. The summed E-state index contributed by atoms with van der Waals surface area (Å²) in [6.45, 7) is 8.10. The van der Waals surface area contributed by atoms with Crippen molar-refractivity contribution in [3.8, 4) is 0 Å². The van der Waals surface area contributed by atoms with E-state index < -0.39 is 0 Å². The number of hydrogen-bond acceptors (Lipinski definition) is 2. The molecule has 0 spiro atoms. The molecular weight excluding hydrogens is 150 g/mol. The van der Waals surface area contributed by atoms with Gasteiger partial charge in [-0.15, -0.1) is 0 Å². The summed E-state index contributed by atoms with van der Waals surface area (Å²) in [4.78, 5) is 11.4. The van der Waals surface area contributed by atoms with E-state index in [1.807, 2.05) is 13.8 Å². The Kier molecular flexibility index (Phi) is 5.14. The molecule has 0 bridgehead atoms. The molecule has 0 saturated carbocycles. The van der Waals surface area contributed by atoms with E-state index in [0.29, 0.717) is 18.1 Å². The summed E-state index contributed by atoms with van der Waals surface area (Å²) < 4.78 is 0. The van der Waals surface area contributed by atoms with Crippen LogP contribution in [0.5, 0.6) is 0 Å². The van der Waals surface area contributed by atoms with Crippen LogP contribution in [0, 0.1) is 11.8 Å². The highest BCUT2D eigenvalue weighted by Crippen LogP contribution is 2.10. The lowest BCUT2D eigenvalue weighted by atomic mass is 9.93. The first kappa shape index (κ1) is 11.6. The molecule has 0 aromatic carbocycles. The molecule has 2 nitrogen and oxygen atoms in total. The molecule has 0 aliphatic rings. The van der Waals surface area contributed by atoms with Crippen LogP contribution < -0.4 is 5.73 Å². The third-order valence-electron chi connectivity index (χ3n) is 2.46. The van der Waals surface area contributed by atoms with Crippen molar-refractivity contribution in [2.75, 3.05) is 0 Å². The molecule has 12 heavy (non-hydrogen) atoms. The summed E-state index contributed by atoms with van der Waals surface area (Å²) in [6.07, 6.45) is 1.45. The van der Waals surface area contributed by atoms with E-state index in [4.69, 9.17) is 5.73 Å². The van der Waals surface area contributed by atoms with Gasteiger partial charge in [-0.3, -0.25) is 4.79 Å². The Morgan fingerprint density at radius 2 is 1.83 bits per heavy atom. The van der Waals surface area contributed by atoms with Crippen LogP contribution >= 0.6 is 0 Å². The molecule has 0 aromatic heterocycles. The first-order valence-electron chi connectivity index (χ1n) is 4.77. The Morgan fingerprint density at radius 3 is 2.17 bits per heavy atom. The molecular formula is C10H21NO. The zero-order valence-corrected chi connectivity index (χ0v) is 8.63. The lowest BCUT2D eigenvalue weighted by Crippen LogP contribution is -2.31. The van der Waals surface area contributed by atoms with E-state index in [-0.39, 0.29) is 12.0 Å². The van der Waals surface area contributed by atoms with Gasteiger partial charge < -0.3 is 5.73 Å². The van der Waals surface area contributed by atoms with Crippen LogP contribution in [0.15, 0.2) is 0 Å². The fourth-order valence-electron chi connectivity index (χ4n) is 0.897. The maximum atomic E-state index is 11.4. The summed E-state index contributed by atoms with van der Waals surface area (Å²) in [5, 5.41) is 0. The molecule has 0 rings (SSSR count). The van der Waals surface area contributed by atoms with Gasteiger partial charge in [-0.2, -0.15) is 0 Å². The molecule has 0 aromatic rings. The maximum absolute atomic E-state index is 11.4. The molecule has 2 heteroatoms. The minimum atomic E-state index is 0.0338. The van der Waals surface area contributed by atoms with E-state index in [1.54, 1.807) is 0 Å². The number of carbonyl (C=O) groups excluding carboxylic acids is 1. The van der Waals surface area contributed by atoms with Crippen LogP contribution in [-0.2, 0) is 4.79 Å². The Hall–Kier alpha value is -0.370. The minimum Gasteiger partial charge on any atom is -0.327 e. The van der Waals surface area contributed by atoms with Gasteiger partial charge in [-0.1, -0.05) is 27.7 Å². The molecule has 2 N–H and O–H groups in total. The van der Waals surface area contributed by atoms with Crippen LogP contribution in [0.1, 0.15) is 40.5 Å². The fraction of sp³-hybridized carbons (Fsp3) is 0.900. The largest absolute Gasteiger partial charge is 0.327 e. The van der Waals surface area contributed by atoms with Gasteiger partial charge in [0.1, 0.15) is 5.78 Å². The van der Waals surface area contributed by atoms with E-state index in [0.717, 1.165) is 6.42 Å². The third-order valence-corrected chi connectivity index (χ3v) is 2.46. The Bertz CT molecular complexity index is 143. The molecule has 0 amide bonds. The van der Waals surface area contributed by atoms with Crippen molar-refractivity contribution in [3.63, 3.8) is 0 Å². The second-order valence-corrected chi connectivity index (χ2v) is 3.89. The number of nitrogens with two attached hydrogens (primary N) is 1. The van der Waals surface area contributed by atoms with Crippen molar-refractivity contribution in [1.82, 2.24) is 0 Å². The van der Waals surface area contributed by atoms with Gasteiger partial charge >= 0.3 is 0 Å². The molecule has 2 atom stereocenters. The van der Waals surface area contributed by atoms with Gasteiger partial charge in [0.15, 0.2) is 0 Å². The Labute approximate surface area is 75.5 Å². The topological polar surface area (TPSA) is 43.1 Å². The average Bonchev–Trinajstić information content (AvgIpc) is 2.02. The van der Waals surface area contributed by atoms with Crippen molar-refractivity contribution in [3.05, 3.63) is 0 Å². The summed E-state index contributed by atoms with van der Waals surface area (Å²) in [7, 11) is 0. The second-order valence-electron chi connectivity index (χ2n) is 3.89. The second kappa shape index (κ2) is 5.31. The molecule has 0 aliphatic heterocycles. The lowest BCUT2D eigenvalue weighted by Gasteiger charge is -2.16. The van der Waals surface area contributed by atoms with Gasteiger partial charge in [0.05, 0.1) is 0 Å². The van der Waals surface area contributed by atoms with E-state index >= 15 is 0 Å². The standard InChI is InChI=1S/C10H21NO/c1-5-8(4)10(12)6-9(11)7(2)3/h7-9H,5-6,11H2,1-4H3. The maximum Gasteiger partial charge on any atom is 0.137 e. The molecule has 2 unspecified atom stereocenters. The van der Waals surface area contributed by atoms with Gasteiger partial charge in [-0.05, 0) is 12.3 Å². The lowest BCUT2D eigenvalue weighted by molar-refractivity contribution is -0.123. The summed E-state index contributed by atoms with van der Waals surface area (Å²) in [6, 6.07) is 0.0338. The molecule has 0 saturated heterocycles. The first-order chi connectivity index (χ1) is 5.49. The van der Waals surface area contributed by atoms with E-state index in [9.17, 15) is 4.79 Å². The molecule has 0 heterocycles. The predicted molar refractivity (Wildman–Crippen MR) is 51.9 cm³/mol. The molecule has 0 fully saturated rings. The fourth-order valence-corrected chi connectivity index (χ4v) is 0.897. The van der Waals surface area contributed by atoms with Gasteiger partial charge in [0.2, 0.25) is 0 Å². The molecule has 72 valence electrons. The number of rotatable bonds is 5. The van der Waals surface area contributed by atoms with Crippen LogP contribution in [-0.4, -0.2) is 11.8 Å². The minimum absolute atomic E-state index is 0.0338. The van der Waals surface area contributed by atoms with Crippen LogP contribution in [0.4, 0.5) is 0 Å². The summed E-state index contributed by atoms with van der Waals surface area (Å²) in [5.74, 6) is 0.881. The zero-order chi connectivity index (χ0) is 9.72.